The summed E-state index contributed by atoms with van der Waals surface area (Å²) in [6.45, 7) is -2.26. The van der Waals surface area contributed by atoms with Crippen LogP contribution in [0.2, 0.25) is 0 Å². The average Bonchev–Trinajstić information content (AvgIpc) is 2.38. The number of nitrogens with two attached hydrogens (primary N) is 1. The Morgan fingerprint density at radius 3 is 2.38 bits per heavy atom. The molecule has 0 unspecified atom stereocenters. The van der Waals surface area contributed by atoms with Crippen molar-refractivity contribution in [1.82, 2.24) is 5.43 Å². The Labute approximate surface area is 124 Å². The van der Waals surface area contributed by atoms with Crippen LogP contribution in [0.5, 0.6) is 0 Å². The Morgan fingerprint density at radius 2 is 1.90 bits per heavy atom. The zero-order valence-electron chi connectivity index (χ0n) is 10.3. The first-order chi connectivity index (χ1) is 9.58. The lowest BCUT2D eigenvalue weighted by Gasteiger charge is -2.19. The third kappa shape index (κ3) is 4.61. The van der Waals surface area contributed by atoms with Gasteiger partial charge in [-0.2, -0.15) is 22.0 Å². The van der Waals surface area contributed by atoms with Gasteiger partial charge in [0.25, 0.3) is 5.91 Å². The minimum Gasteiger partial charge on any atom is -0.370 e. The van der Waals surface area contributed by atoms with Gasteiger partial charge in [0.1, 0.15) is 6.61 Å². The molecule has 0 saturated carbocycles. The van der Waals surface area contributed by atoms with Gasteiger partial charge in [-0.1, -0.05) is 22.0 Å². The third-order valence-electron chi connectivity index (χ3n) is 2.40. The molecule has 0 radical (unpaired) electrons. The number of benzene rings is 1. The Kier molecular flexibility index (Phi) is 5.65. The van der Waals surface area contributed by atoms with Gasteiger partial charge in [-0.05, 0) is 17.7 Å². The van der Waals surface area contributed by atoms with Crippen LogP contribution in [-0.2, 0) is 11.3 Å². The number of nitrogen functional groups attached to an aromatic ring is 1. The number of halogens is 6. The number of carbonyl (C=O) groups excluding carboxylic acids is 1. The average molecular weight is 377 g/mol. The smallest absolute Gasteiger partial charge is 0.370 e. The number of hydrogen-bond donors (Lipinski definition) is 2. The van der Waals surface area contributed by atoms with Crippen molar-refractivity contribution in [3.05, 3.63) is 33.8 Å². The maximum atomic E-state index is 12.6. The zero-order chi connectivity index (χ0) is 16.3. The fraction of sp³-hybridized carbons (Fsp3) is 0.364. The molecule has 10 heteroatoms. The van der Waals surface area contributed by atoms with Crippen molar-refractivity contribution in [3.63, 3.8) is 0 Å². The van der Waals surface area contributed by atoms with E-state index in [0.29, 0.717) is 10.0 Å². The van der Waals surface area contributed by atoms with Crippen LogP contribution in [0.3, 0.4) is 0 Å². The monoisotopic (exact) mass is 376 g/mol. The van der Waals surface area contributed by atoms with Crippen molar-refractivity contribution < 1.29 is 31.5 Å². The fourth-order valence-corrected chi connectivity index (χ4v) is 1.75. The highest BCUT2D eigenvalue weighted by Gasteiger charge is 2.57. The summed E-state index contributed by atoms with van der Waals surface area (Å²) in [5.41, 5.74) is 2.39. The highest BCUT2D eigenvalue weighted by molar-refractivity contribution is 9.10. The van der Waals surface area contributed by atoms with Crippen molar-refractivity contribution in [2.24, 2.45) is 5.84 Å². The Balaban J connectivity index is 2.67. The van der Waals surface area contributed by atoms with Crippen molar-refractivity contribution in [2.45, 2.75) is 18.7 Å². The van der Waals surface area contributed by atoms with Gasteiger partial charge in [0.15, 0.2) is 0 Å². The zero-order valence-corrected chi connectivity index (χ0v) is 11.9. The summed E-state index contributed by atoms with van der Waals surface area (Å²) in [5.74, 6) is -0.563. The van der Waals surface area contributed by atoms with E-state index in [1.165, 1.54) is 18.2 Å². The lowest BCUT2D eigenvalue weighted by molar-refractivity contribution is -0.297. The number of hydrogen-bond acceptors (Lipinski definition) is 3. The molecule has 0 saturated heterocycles. The molecule has 21 heavy (non-hydrogen) atoms. The van der Waals surface area contributed by atoms with Crippen molar-refractivity contribution in [3.8, 4) is 0 Å². The van der Waals surface area contributed by atoms with Gasteiger partial charge >= 0.3 is 12.1 Å². The van der Waals surface area contributed by atoms with Gasteiger partial charge in [0.05, 0.1) is 6.61 Å². The summed E-state index contributed by atoms with van der Waals surface area (Å²) in [6, 6.07) is 4.01. The van der Waals surface area contributed by atoms with E-state index in [1.807, 2.05) is 5.43 Å². The minimum atomic E-state index is -5.66. The van der Waals surface area contributed by atoms with Crippen LogP contribution < -0.4 is 11.3 Å². The highest BCUT2D eigenvalue weighted by atomic mass is 79.9. The molecule has 0 aliphatic carbocycles. The van der Waals surface area contributed by atoms with Gasteiger partial charge in [-0.15, -0.1) is 0 Å². The van der Waals surface area contributed by atoms with Gasteiger partial charge in [-0.25, -0.2) is 5.84 Å². The first-order valence-electron chi connectivity index (χ1n) is 5.40. The summed E-state index contributed by atoms with van der Waals surface area (Å²) in [7, 11) is 0. The summed E-state index contributed by atoms with van der Waals surface area (Å²) in [6.07, 6.45) is -5.66. The quantitative estimate of drug-likeness (QED) is 0.359. The molecule has 118 valence electrons. The summed E-state index contributed by atoms with van der Waals surface area (Å²) in [5, 5.41) is 0. The van der Waals surface area contributed by atoms with Crippen molar-refractivity contribution >= 4 is 21.8 Å². The van der Waals surface area contributed by atoms with Gasteiger partial charge in [0, 0.05) is 10.0 Å². The van der Waals surface area contributed by atoms with Crippen LogP contribution in [0.4, 0.5) is 22.0 Å². The molecule has 1 aromatic rings. The molecule has 0 aliphatic heterocycles. The first-order valence-corrected chi connectivity index (χ1v) is 6.19. The van der Waals surface area contributed by atoms with Crippen LogP contribution in [0.15, 0.2) is 22.7 Å². The summed E-state index contributed by atoms with van der Waals surface area (Å²) < 4.78 is 65.7. The molecule has 0 bridgehead atoms. The van der Waals surface area contributed by atoms with Crippen LogP contribution in [0.1, 0.15) is 15.9 Å². The van der Waals surface area contributed by atoms with Crippen LogP contribution >= 0.6 is 15.9 Å². The summed E-state index contributed by atoms with van der Waals surface area (Å²) in [4.78, 5) is 11.2. The molecule has 4 nitrogen and oxygen atoms in total. The Morgan fingerprint density at radius 1 is 1.29 bits per heavy atom. The molecule has 1 rings (SSSR count). The number of carbonyl (C=O) groups is 1. The molecule has 0 aliphatic rings. The molecule has 0 atom stereocenters. The lowest BCUT2D eigenvalue weighted by Crippen LogP contribution is -2.40. The molecule has 1 aromatic carbocycles. The molecule has 0 aromatic heterocycles. The van der Waals surface area contributed by atoms with Crippen LogP contribution in [-0.4, -0.2) is 24.6 Å². The molecular weight excluding hydrogens is 367 g/mol. The molecule has 0 spiro atoms. The molecule has 0 heterocycles. The molecular formula is C11H10BrF5N2O2. The number of ether oxygens (including phenoxy) is 1. The van der Waals surface area contributed by atoms with E-state index in [0.717, 1.165) is 0 Å². The Hall–Kier alpha value is -1.26. The highest BCUT2D eigenvalue weighted by Crippen LogP contribution is 2.35. The summed E-state index contributed by atoms with van der Waals surface area (Å²) >= 11 is 3.05. The maximum absolute atomic E-state index is 12.6. The second kappa shape index (κ2) is 6.67. The fourth-order valence-electron chi connectivity index (χ4n) is 1.26. The van der Waals surface area contributed by atoms with E-state index < -0.39 is 31.2 Å². The largest absolute Gasteiger partial charge is 0.455 e. The van der Waals surface area contributed by atoms with E-state index >= 15 is 0 Å². The van der Waals surface area contributed by atoms with Gasteiger partial charge < -0.3 is 4.74 Å². The normalized spacial score (nSPS) is 12.3. The van der Waals surface area contributed by atoms with Crippen LogP contribution in [0, 0.1) is 0 Å². The predicted octanol–water partition coefficient (Wildman–Crippen LogP) is 2.77. The van der Waals surface area contributed by atoms with Gasteiger partial charge in [0.2, 0.25) is 0 Å². The van der Waals surface area contributed by atoms with E-state index in [1.54, 1.807) is 0 Å². The first kappa shape index (κ1) is 17.8. The standard InChI is InChI=1S/C11H10BrF5N2O2/c12-8-3-6(9(20)19-18)1-2-7(8)4-21-5-10(13,14)11(15,16)17/h1-3H,4-5,18H2,(H,19,20). The predicted molar refractivity (Wildman–Crippen MR) is 66.5 cm³/mol. The second-order valence-electron chi connectivity index (χ2n) is 3.97. The maximum Gasteiger partial charge on any atom is 0.455 e. The van der Waals surface area contributed by atoms with E-state index in [-0.39, 0.29) is 5.56 Å². The molecule has 3 N–H and O–H groups in total. The Bertz CT molecular complexity index is 522. The van der Waals surface area contributed by atoms with Crippen LogP contribution in [0.25, 0.3) is 0 Å². The van der Waals surface area contributed by atoms with E-state index in [2.05, 4.69) is 20.7 Å². The number of hydrazine groups is 1. The molecule has 1 amide bonds. The lowest BCUT2D eigenvalue weighted by atomic mass is 10.1. The number of nitrogens with one attached hydrogen (secondary N) is 1. The third-order valence-corrected chi connectivity index (χ3v) is 3.14. The second-order valence-corrected chi connectivity index (χ2v) is 4.83. The SMILES string of the molecule is NNC(=O)c1ccc(COCC(F)(F)C(F)(F)F)c(Br)c1. The van der Waals surface area contributed by atoms with Gasteiger partial charge in [-0.3, -0.25) is 10.2 Å². The number of amides is 1. The van der Waals surface area contributed by atoms with E-state index in [9.17, 15) is 26.7 Å². The van der Waals surface area contributed by atoms with Crippen molar-refractivity contribution in [2.75, 3.05) is 6.61 Å². The number of alkyl halides is 5. The minimum absolute atomic E-state index is 0.189. The topological polar surface area (TPSA) is 64.3 Å². The van der Waals surface area contributed by atoms with E-state index in [4.69, 9.17) is 5.84 Å². The number of rotatable bonds is 5. The molecule has 0 fully saturated rings. The van der Waals surface area contributed by atoms with Crippen molar-refractivity contribution in [1.29, 1.82) is 0 Å².